The minimum atomic E-state index is -0.414. The Morgan fingerprint density at radius 2 is 1.91 bits per heavy atom. The number of nitrogens with one attached hydrogen (secondary N) is 1. The van der Waals surface area contributed by atoms with Crippen LogP contribution >= 0.6 is 11.6 Å². The van der Waals surface area contributed by atoms with Crippen LogP contribution in [-0.2, 0) is 18.4 Å². The Kier molecular flexibility index (Phi) is 7.36. The van der Waals surface area contributed by atoms with Crippen molar-refractivity contribution in [2.75, 3.05) is 7.11 Å². The number of hydrogen-bond acceptors (Lipinski definition) is 4. The highest BCUT2D eigenvalue weighted by atomic mass is 35.5. The summed E-state index contributed by atoms with van der Waals surface area (Å²) >= 11 is 6.32. The van der Waals surface area contributed by atoms with Gasteiger partial charge in [-0.2, -0.15) is 5.10 Å². The van der Waals surface area contributed by atoms with Crippen LogP contribution in [0, 0.1) is 13.8 Å². The van der Waals surface area contributed by atoms with E-state index in [9.17, 15) is 4.79 Å². The standard InChI is InChI=1S/C27H28ClN5O2/c1-18-23(19(2)33(31-18)17-21-7-5-6-8-24(21)28)13-14-25(34)30-26(27-29-15-16-32(27)3)20-9-11-22(35-4)12-10-20/h5-16,26H,17H2,1-4H3,(H,30,34)/b14-13+. The van der Waals surface area contributed by atoms with Crippen LogP contribution in [-0.4, -0.2) is 32.3 Å². The molecule has 0 saturated carbocycles. The first-order chi connectivity index (χ1) is 16.9. The summed E-state index contributed by atoms with van der Waals surface area (Å²) in [5.74, 6) is 1.25. The number of imidazole rings is 1. The third kappa shape index (κ3) is 5.46. The maximum atomic E-state index is 13.0. The van der Waals surface area contributed by atoms with Gasteiger partial charge in [0.25, 0.3) is 0 Å². The van der Waals surface area contributed by atoms with Crippen LogP contribution < -0.4 is 10.1 Å². The van der Waals surface area contributed by atoms with E-state index in [1.807, 2.05) is 84.9 Å². The van der Waals surface area contributed by atoms with Gasteiger partial charge in [-0.05, 0) is 49.2 Å². The van der Waals surface area contributed by atoms with E-state index in [4.69, 9.17) is 16.3 Å². The maximum absolute atomic E-state index is 13.0. The summed E-state index contributed by atoms with van der Waals surface area (Å²) in [6.07, 6.45) is 6.91. The predicted octanol–water partition coefficient (Wildman–Crippen LogP) is 4.86. The molecule has 1 N–H and O–H groups in total. The summed E-state index contributed by atoms with van der Waals surface area (Å²) in [7, 11) is 3.53. The van der Waals surface area contributed by atoms with Gasteiger partial charge < -0.3 is 14.6 Å². The molecule has 4 rings (SSSR count). The minimum Gasteiger partial charge on any atom is -0.497 e. The summed E-state index contributed by atoms with van der Waals surface area (Å²) in [4.78, 5) is 17.4. The molecule has 1 amide bonds. The van der Waals surface area contributed by atoms with E-state index < -0.39 is 6.04 Å². The van der Waals surface area contributed by atoms with Gasteiger partial charge in [-0.1, -0.05) is 41.9 Å². The van der Waals surface area contributed by atoms with Gasteiger partial charge in [0.1, 0.15) is 17.6 Å². The zero-order valence-corrected chi connectivity index (χ0v) is 21.0. The Labute approximate surface area is 210 Å². The van der Waals surface area contributed by atoms with Crippen LogP contribution in [0.5, 0.6) is 5.75 Å². The lowest BCUT2D eigenvalue weighted by Crippen LogP contribution is -2.29. The topological polar surface area (TPSA) is 74.0 Å². The molecule has 2 aromatic carbocycles. The number of halogens is 1. The normalized spacial score (nSPS) is 12.1. The molecule has 0 fully saturated rings. The van der Waals surface area contributed by atoms with Crippen molar-refractivity contribution in [3.8, 4) is 5.75 Å². The SMILES string of the molecule is COc1ccc(C(NC(=O)/C=C/c2c(C)nn(Cc3ccccc3Cl)c2C)c2nccn2C)cc1. The Morgan fingerprint density at radius 1 is 1.17 bits per heavy atom. The smallest absolute Gasteiger partial charge is 0.244 e. The number of amides is 1. The molecular formula is C27H28ClN5O2. The van der Waals surface area contributed by atoms with E-state index in [1.165, 1.54) is 6.08 Å². The summed E-state index contributed by atoms with van der Waals surface area (Å²) in [6, 6.07) is 14.9. The molecule has 0 bridgehead atoms. The highest BCUT2D eigenvalue weighted by Crippen LogP contribution is 2.24. The lowest BCUT2D eigenvalue weighted by molar-refractivity contribution is -0.117. The number of hydrogen-bond donors (Lipinski definition) is 1. The average molecular weight is 490 g/mol. The molecule has 35 heavy (non-hydrogen) atoms. The van der Waals surface area contributed by atoms with Crippen LogP contribution in [0.4, 0.5) is 0 Å². The lowest BCUT2D eigenvalue weighted by atomic mass is 10.1. The molecule has 0 aliphatic carbocycles. The zero-order chi connectivity index (χ0) is 24.9. The third-order valence-corrected chi connectivity index (χ3v) is 6.34. The Balaban J connectivity index is 1.54. The minimum absolute atomic E-state index is 0.230. The van der Waals surface area contributed by atoms with Crippen molar-refractivity contribution in [1.82, 2.24) is 24.6 Å². The Bertz CT molecular complexity index is 1350. The molecule has 2 aromatic heterocycles. The van der Waals surface area contributed by atoms with Crippen molar-refractivity contribution in [3.63, 3.8) is 0 Å². The molecule has 0 aliphatic rings. The predicted molar refractivity (Wildman–Crippen MR) is 137 cm³/mol. The number of rotatable bonds is 8. The maximum Gasteiger partial charge on any atom is 0.244 e. The number of carbonyl (C=O) groups excluding carboxylic acids is 1. The number of ether oxygens (including phenoxy) is 1. The van der Waals surface area contributed by atoms with Gasteiger partial charge >= 0.3 is 0 Å². The number of methoxy groups -OCH3 is 1. The molecule has 180 valence electrons. The van der Waals surface area contributed by atoms with Crippen molar-refractivity contribution < 1.29 is 9.53 Å². The van der Waals surface area contributed by atoms with Crippen molar-refractivity contribution >= 4 is 23.6 Å². The fourth-order valence-corrected chi connectivity index (χ4v) is 4.19. The van der Waals surface area contributed by atoms with Gasteiger partial charge in [0, 0.05) is 41.8 Å². The van der Waals surface area contributed by atoms with Gasteiger partial charge in [-0.25, -0.2) is 4.98 Å². The van der Waals surface area contributed by atoms with Crippen molar-refractivity contribution in [2.45, 2.75) is 26.4 Å². The molecule has 0 spiro atoms. The van der Waals surface area contributed by atoms with E-state index in [1.54, 1.807) is 19.4 Å². The number of aryl methyl sites for hydroxylation is 2. The average Bonchev–Trinajstić information content (AvgIpc) is 3.39. The number of carbonyl (C=O) groups is 1. The van der Waals surface area contributed by atoms with Gasteiger partial charge in [0.05, 0.1) is 19.3 Å². The van der Waals surface area contributed by atoms with E-state index in [2.05, 4.69) is 15.4 Å². The largest absolute Gasteiger partial charge is 0.497 e. The van der Waals surface area contributed by atoms with E-state index in [-0.39, 0.29) is 5.91 Å². The zero-order valence-electron chi connectivity index (χ0n) is 20.2. The molecule has 2 heterocycles. The lowest BCUT2D eigenvalue weighted by Gasteiger charge is -2.18. The molecule has 0 aliphatic heterocycles. The van der Waals surface area contributed by atoms with E-state index in [0.29, 0.717) is 11.6 Å². The summed E-state index contributed by atoms with van der Waals surface area (Å²) in [5.41, 5.74) is 4.61. The molecule has 7 nitrogen and oxygen atoms in total. The molecule has 1 unspecified atom stereocenters. The fraction of sp³-hybridized carbons (Fsp3) is 0.222. The summed E-state index contributed by atoms with van der Waals surface area (Å²) in [6.45, 7) is 4.48. The van der Waals surface area contributed by atoms with E-state index >= 15 is 0 Å². The van der Waals surface area contributed by atoms with Crippen LogP contribution in [0.2, 0.25) is 5.02 Å². The van der Waals surface area contributed by atoms with E-state index in [0.717, 1.165) is 39.7 Å². The van der Waals surface area contributed by atoms with Gasteiger partial charge in [0.15, 0.2) is 0 Å². The fourth-order valence-electron chi connectivity index (χ4n) is 3.99. The number of aromatic nitrogens is 4. The molecule has 8 heteroatoms. The summed E-state index contributed by atoms with van der Waals surface area (Å²) in [5, 5.41) is 8.44. The van der Waals surface area contributed by atoms with Crippen LogP contribution in [0.1, 0.15) is 39.9 Å². The molecule has 0 saturated heterocycles. The van der Waals surface area contributed by atoms with Crippen LogP contribution in [0.25, 0.3) is 6.08 Å². The molecule has 1 atom stereocenters. The first-order valence-corrected chi connectivity index (χ1v) is 11.6. The van der Waals surface area contributed by atoms with Gasteiger partial charge in [-0.15, -0.1) is 0 Å². The first-order valence-electron chi connectivity index (χ1n) is 11.2. The van der Waals surface area contributed by atoms with Crippen molar-refractivity contribution in [2.24, 2.45) is 7.05 Å². The highest BCUT2D eigenvalue weighted by molar-refractivity contribution is 6.31. The van der Waals surface area contributed by atoms with Crippen molar-refractivity contribution in [3.05, 3.63) is 106 Å². The first kappa shape index (κ1) is 24.3. The Morgan fingerprint density at radius 3 is 2.57 bits per heavy atom. The molecular weight excluding hydrogens is 462 g/mol. The number of benzene rings is 2. The molecule has 4 aromatic rings. The summed E-state index contributed by atoms with van der Waals surface area (Å²) < 4.78 is 9.07. The quantitative estimate of drug-likeness (QED) is 0.358. The second kappa shape index (κ2) is 10.6. The Hall–Kier alpha value is -3.84. The monoisotopic (exact) mass is 489 g/mol. The number of nitrogens with zero attached hydrogens (tertiary/aromatic N) is 4. The second-order valence-electron chi connectivity index (χ2n) is 8.28. The van der Waals surface area contributed by atoms with Crippen LogP contribution in [0.15, 0.2) is 67.0 Å². The van der Waals surface area contributed by atoms with Crippen LogP contribution in [0.3, 0.4) is 0 Å². The third-order valence-electron chi connectivity index (χ3n) is 5.97. The second-order valence-corrected chi connectivity index (χ2v) is 8.69. The highest BCUT2D eigenvalue weighted by Gasteiger charge is 2.20. The van der Waals surface area contributed by atoms with Gasteiger partial charge in [0.2, 0.25) is 5.91 Å². The molecule has 0 radical (unpaired) electrons. The van der Waals surface area contributed by atoms with Crippen molar-refractivity contribution in [1.29, 1.82) is 0 Å². The van der Waals surface area contributed by atoms with Gasteiger partial charge in [-0.3, -0.25) is 9.48 Å².